The van der Waals surface area contributed by atoms with Crippen molar-refractivity contribution in [1.29, 1.82) is 0 Å². The van der Waals surface area contributed by atoms with Gasteiger partial charge in [-0.3, -0.25) is 9.59 Å². The lowest BCUT2D eigenvalue weighted by Crippen LogP contribution is -2.43. The Hall–Kier alpha value is -3.24. The molecule has 0 saturated heterocycles. The van der Waals surface area contributed by atoms with Crippen LogP contribution >= 0.6 is 34.8 Å². The Morgan fingerprint density at radius 1 is 1.15 bits per heavy atom. The Kier molecular flexibility index (Phi) is 9.40. The normalized spacial score (nSPS) is 14.7. The number of carbonyl (C=O) groups is 2. The number of anilines is 2. The molecule has 39 heavy (non-hydrogen) atoms. The fraction of sp³-hybridized carbons (Fsp3) is 0.259. The first-order chi connectivity index (χ1) is 18.7. The van der Waals surface area contributed by atoms with Crippen molar-refractivity contribution in [3.8, 4) is 0 Å². The van der Waals surface area contributed by atoms with Gasteiger partial charge < -0.3 is 20.3 Å². The molecule has 2 heterocycles. The molecular weight excluding hydrogens is 568 g/mol. The number of likely N-dealkylation sites (N-methyl/N-ethyl adjacent to an activating group) is 1. The van der Waals surface area contributed by atoms with Gasteiger partial charge in [-0.1, -0.05) is 53.0 Å². The largest absolute Gasteiger partial charge is 0.380 e. The number of nitrogens with zero attached hydrogens (tertiary/aromatic N) is 3. The number of rotatable bonds is 9. The summed E-state index contributed by atoms with van der Waals surface area (Å²) in [5, 5.41) is 6.14. The number of aromatic nitrogens is 1. The average Bonchev–Trinajstić information content (AvgIpc) is 3.02. The SMILES string of the molecule is CCOCCN(CC)c1ncc(F)cc1C(=O)NC1N=C(c2c(Cl)cc(Cl)cc2Cl)c2ccccc2NC1=O. The van der Waals surface area contributed by atoms with Crippen LogP contribution in [-0.2, 0) is 9.53 Å². The molecule has 1 unspecified atom stereocenters. The van der Waals surface area contributed by atoms with E-state index in [9.17, 15) is 14.0 Å². The van der Waals surface area contributed by atoms with E-state index in [1.165, 1.54) is 12.1 Å². The molecular formula is C27H25Cl3FN5O3. The first kappa shape index (κ1) is 28.8. The Labute approximate surface area is 240 Å². The topological polar surface area (TPSA) is 95.9 Å². The van der Waals surface area contributed by atoms with Crippen LogP contribution < -0.4 is 15.5 Å². The molecule has 0 spiro atoms. The van der Waals surface area contributed by atoms with Gasteiger partial charge in [-0.25, -0.2) is 14.4 Å². The summed E-state index contributed by atoms with van der Waals surface area (Å²) in [6.45, 7) is 5.59. The first-order valence-electron chi connectivity index (χ1n) is 12.2. The van der Waals surface area contributed by atoms with Crippen molar-refractivity contribution < 1.29 is 18.7 Å². The molecule has 0 radical (unpaired) electrons. The number of pyridine rings is 1. The van der Waals surface area contributed by atoms with Crippen molar-refractivity contribution in [2.24, 2.45) is 4.99 Å². The highest BCUT2D eigenvalue weighted by molar-refractivity contribution is 6.44. The Morgan fingerprint density at radius 3 is 2.56 bits per heavy atom. The van der Waals surface area contributed by atoms with E-state index >= 15 is 0 Å². The fourth-order valence-corrected chi connectivity index (χ4v) is 5.10. The number of amides is 2. The minimum Gasteiger partial charge on any atom is -0.380 e. The van der Waals surface area contributed by atoms with Crippen LogP contribution in [0.4, 0.5) is 15.9 Å². The van der Waals surface area contributed by atoms with Crippen molar-refractivity contribution in [2.45, 2.75) is 20.0 Å². The summed E-state index contributed by atoms with van der Waals surface area (Å²) in [5.41, 5.74) is 1.54. The van der Waals surface area contributed by atoms with Crippen LogP contribution in [0.1, 0.15) is 35.3 Å². The molecule has 2 amide bonds. The number of hydrogen-bond donors (Lipinski definition) is 2. The quantitative estimate of drug-likeness (QED) is 0.316. The second-order valence-electron chi connectivity index (χ2n) is 8.43. The van der Waals surface area contributed by atoms with E-state index in [2.05, 4.69) is 20.6 Å². The molecule has 12 heteroatoms. The minimum atomic E-state index is -1.41. The molecule has 0 bridgehead atoms. The van der Waals surface area contributed by atoms with Crippen molar-refractivity contribution in [2.75, 3.05) is 36.5 Å². The standard InChI is InChI=1S/C27H25Cl3FN5O3/c1-3-36(9-10-39-4-2)25-18(13-16(31)14-32-25)26(37)35-24-27(38)33-21-8-6-5-7-17(21)23(34-24)22-19(29)11-15(28)12-20(22)30/h5-8,11-14,24H,3-4,9-10H2,1-2H3,(H,33,38)(H,35,37). The summed E-state index contributed by atoms with van der Waals surface area (Å²) in [5.74, 6) is -1.80. The van der Waals surface area contributed by atoms with Gasteiger partial charge in [0.05, 0.1) is 39.8 Å². The number of benzodiazepines with no additional fused rings is 1. The first-order valence-corrected chi connectivity index (χ1v) is 13.3. The summed E-state index contributed by atoms with van der Waals surface area (Å²) in [7, 11) is 0. The van der Waals surface area contributed by atoms with Gasteiger partial charge in [0, 0.05) is 35.8 Å². The molecule has 8 nitrogen and oxygen atoms in total. The van der Waals surface area contributed by atoms with Crippen LogP contribution in [0.5, 0.6) is 0 Å². The number of carbonyl (C=O) groups excluding carboxylic acids is 2. The Balaban J connectivity index is 1.75. The molecule has 0 aliphatic carbocycles. The molecule has 1 aliphatic rings. The van der Waals surface area contributed by atoms with E-state index in [4.69, 9.17) is 39.5 Å². The van der Waals surface area contributed by atoms with E-state index in [1.807, 2.05) is 13.8 Å². The van der Waals surface area contributed by atoms with Crippen LogP contribution in [0.15, 0.2) is 53.7 Å². The molecule has 2 N–H and O–H groups in total. The highest BCUT2D eigenvalue weighted by Crippen LogP contribution is 2.34. The van der Waals surface area contributed by atoms with Crippen molar-refractivity contribution in [3.05, 3.63) is 86.2 Å². The summed E-state index contributed by atoms with van der Waals surface area (Å²) < 4.78 is 19.7. The molecule has 0 saturated carbocycles. The molecule has 204 valence electrons. The lowest BCUT2D eigenvalue weighted by Gasteiger charge is -2.24. The van der Waals surface area contributed by atoms with Gasteiger partial charge in [0.2, 0.25) is 6.17 Å². The van der Waals surface area contributed by atoms with E-state index in [0.717, 1.165) is 12.3 Å². The maximum Gasteiger partial charge on any atom is 0.269 e. The van der Waals surface area contributed by atoms with Crippen LogP contribution in [0.3, 0.4) is 0 Å². The highest BCUT2D eigenvalue weighted by Gasteiger charge is 2.30. The summed E-state index contributed by atoms with van der Waals surface area (Å²) in [6, 6.07) is 11.0. The molecule has 1 atom stereocenters. The van der Waals surface area contributed by atoms with E-state index < -0.39 is 23.8 Å². The summed E-state index contributed by atoms with van der Waals surface area (Å²) in [6.07, 6.45) is -0.372. The van der Waals surface area contributed by atoms with E-state index in [1.54, 1.807) is 29.2 Å². The molecule has 4 rings (SSSR count). The monoisotopic (exact) mass is 591 g/mol. The number of aliphatic imine (C=N–C) groups is 1. The van der Waals surface area contributed by atoms with Gasteiger partial charge in [0.25, 0.3) is 11.8 Å². The third-order valence-electron chi connectivity index (χ3n) is 5.93. The van der Waals surface area contributed by atoms with Crippen LogP contribution in [0.2, 0.25) is 15.1 Å². The maximum atomic E-state index is 14.3. The zero-order valence-corrected chi connectivity index (χ0v) is 23.4. The second kappa shape index (κ2) is 12.7. The van der Waals surface area contributed by atoms with E-state index in [0.29, 0.717) is 48.1 Å². The molecule has 1 aromatic heterocycles. The minimum absolute atomic E-state index is 0.0535. The van der Waals surface area contributed by atoms with Crippen molar-refractivity contribution in [1.82, 2.24) is 10.3 Å². The summed E-state index contributed by atoms with van der Waals surface area (Å²) in [4.78, 5) is 37.2. The highest BCUT2D eigenvalue weighted by atomic mass is 35.5. The van der Waals surface area contributed by atoms with Crippen LogP contribution in [-0.4, -0.2) is 55.0 Å². The lowest BCUT2D eigenvalue weighted by molar-refractivity contribution is -0.117. The van der Waals surface area contributed by atoms with Crippen molar-refractivity contribution in [3.63, 3.8) is 0 Å². The number of para-hydroxylation sites is 1. The van der Waals surface area contributed by atoms with Crippen LogP contribution in [0, 0.1) is 5.82 Å². The van der Waals surface area contributed by atoms with Gasteiger partial charge in [-0.2, -0.15) is 0 Å². The zero-order chi connectivity index (χ0) is 28.1. The molecule has 1 aliphatic heterocycles. The number of fused-ring (bicyclic) bond motifs is 1. The predicted octanol–water partition coefficient (Wildman–Crippen LogP) is 5.59. The smallest absolute Gasteiger partial charge is 0.269 e. The summed E-state index contributed by atoms with van der Waals surface area (Å²) >= 11 is 19.1. The molecule has 2 aromatic carbocycles. The predicted molar refractivity (Wildman–Crippen MR) is 152 cm³/mol. The van der Waals surface area contributed by atoms with Gasteiger partial charge >= 0.3 is 0 Å². The van der Waals surface area contributed by atoms with Crippen molar-refractivity contribution >= 4 is 63.8 Å². The third kappa shape index (κ3) is 6.50. The van der Waals surface area contributed by atoms with Gasteiger partial charge in [0.1, 0.15) is 11.6 Å². The Bertz CT molecular complexity index is 1410. The second-order valence-corrected chi connectivity index (χ2v) is 9.69. The number of nitrogens with one attached hydrogen (secondary N) is 2. The number of ether oxygens (including phenoxy) is 1. The number of benzene rings is 2. The van der Waals surface area contributed by atoms with Gasteiger partial charge in [-0.15, -0.1) is 0 Å². The zero-order valence-electron chi connectivity index (χ0n) is 21.1. The molecule has 3 aromatic rings. The maximum absolute atomic E-state index is 14.3. The Morgan fingerprint density at radius 2 is 1.87 bits per heavy atom. The van der Waals surface area contributed by atoms with Gasteiger partial charge in [0.15, 0.2) is 0 Å². The number of halogens is 4. The fourth-order valence-electron chi connectivity index (χ4n) is 4.11. The average molecular weight is 593 g/mol. The van der Waals surface area contributed by atoms with Crippen LogP contribution in [0.25, 0.3) is 0 Å². The number of hydrogen-bond acceptors (Lipinski definition) is 6. The van der Waals surface area contributed by atoms with E-state index in [-0.39, 0.29) is 27.1 Å². The lowest BCUT2D eigenvalue weighted by atomic mass is 10.0. The molecule has 0 fully saturated rings. The van der Waals surface area contributed by atoms with Gasteiger partial charge in [-0.05, 0) is 38.1 Å². The third-order valence-corrected chi connectivity index (χ3v) is 6.74.